The predicted octanol–water partition coefficient (Wildman–Crippen LogP) is 1.57. The quantitative estimate of drug-likeness (QED) is 0.829. The van der Waals surface area contributed by atoms with Gasteiger partial charge in [-0.25, -0.2) is 17.9 Å². The van der Waals surface area contributed by atoms with Crippen molar-refractivity contribution in [1.82, 2.24) is 18.8 Å². The van der Waals surface area contributed by atoms with Gasteiger partial charge in [0.1, 0.15) is 0 Å². The molecule has 0 bridgehead atoms. The van der Waals surface area contributed by atoms with Crippen molar-refractivity contribution in [3.05, 3.63) is 51.7 Å². The average molecular weight is 399 g/mol. The van der Waals surface area contributed by atoms with Crippen LogP contribution < -0.4 is 10.4 Å². The third kappa shape index (κ3) is 4.56. The number of likely N-dealkylation sites (tertiary alicyclic amines) is 1. The second kappa shape index (κ2) is 7.56. The molecule has 1 atom stereocenters. The summed E-state index contributed by atoms with van der Waals surface area (Å²) in [5, 5.41) is 0.622. The molecule has 2 heterocycles. The molecule has 9 heteroatoms. The number of halogens is 1. The Bertz CT molecular complexity index is 934. The molecule has 7 nitrogen and oxygen atoms in total. The number of aromatic nitrogens is 2. The van der Waals surface area contributed by atoms with E-state index in [0.29, 0.717) is 18.2 Å². The molecule has 1 aliphatic rings. The van der Waals surface area contributed by atoms with Gasteiger partial charge in [0.25, 0.3) is 0 Å². The van der Waals surface area contributed by atoms with Crippen LogP contribution in [0.5, 0.6) is 0 Å². The average Bonchev–Trinajstić information content (AvgIpc) is 2.81. The van der Waals surface area contributed by atoms with Crippen molar-refractivity contribution >= 4 is 21.6 Å². The van der Waals surface area contributed by atoms with Crippen LogP contribution >= 0.6 is 11.6 Å². The summed E-state index contributed by atoms with van der Waals surface area (Å²) in [5.74, 6) is 0. The highest BCUT2D eigenvalue weighted by Gasteiger charge is 2.23. The van der Waals surface area contributed by atoms with Crippen LogP contribution in [-0.2, 0) is 16.7 Å². The van der Waals surface area contributed by atoms with E-state index in [0.717, 1.165) is 30.8 Å². The first kappa shape index (κ1) is 19.2. The number of piperidine rings is 1. The number of hydrogen-bond acceptors (Lipinski definition) is 4. The summed E-state index contributed by atoms with van der Waals surface area (Å²) < 4.78 is 28.9. The van der Waals surface area contributed by atoms with Crippen molar-refractivity contribution in [3.8, 4) is 5.69 Å². The molecule has 1 saturated heterocycles. The minimum atomic E-state index is -3.23. The molecule has 142 valence electrons. The molecule has 1 aromatic heterocycles. The predicted molar refractivity (Wildman–Crippen MR) is 102 cm³/mol. The molecular formula is C17H23ClN4O3S. The van der Waals surface area contributed by atoms with E-state index in [4.69, 9.17) is 11.6 Å². The van der Waals surface area contributed by atoms with E-state index in [1.807, 2.05) is 25.3 Å². The Morgan fingerprint density at radius 1 is 1.27 bits per heavy atom. The minimum Gasteiger partial charge on any atom is -0.285 e. The molecule has 0 saturated carbocycles. The lowest BCUT2D eigenvalue weighted by atomic mass is 10.1. The molecule has 1 fully saturated rings. The third-order valence-corrected chi connectivity index (χ3v) is 5.47. The standard InChI is InChI=1S/C17H23ClN4O3S/c1-13-10-21(17(23)22(13)16-7-5-14(18)6-8-16)12-20-9-3-4-15(11-20)19-26(2,24)25/h5-8,10,15,19H,3-4,9,11-12H2,1-2H3/t15-/m1/s1. The van der Waals surface area contributed by atoms with Crippen LogP contribution in [0.15, 0.2) is 35.3 Å². The Hall–Kier alpha value is -1.61. The van der Waals surface area contributed by atoms with Crippen molar-refractivity contribution in [2.75, 3.05) is 19.3 Å². The van der Waals surface area contributed by atoms with E-state index < -0.39 is 10.0 Å². The van der Waals surface area contributed by atoms with Crippen LogP contribution in [0.1, 0.15) is 18.5 Å². The largest absolute Gasteiger partial charge is 0.334 e. The lowest BCUT2D eigenvalue weighted by molar-refractivity contribution is 0.159. The number of aryl methyl sites for hydroxylation is 1. The van der Waals surface area contributed by atoms with Crippen LogP contribution in [0.2, 0.25) is 5.02 Å². The van der Waals surface area contributed by atoms with Crippen molar-refractivity contribution < 1.29 is 8.42 Å². The molecule has 3 rings (SSSR count). The second-order valence-electron chi connectivity index (χ2n) is 6.78. The number of nitrogens with one attached hydrogen (secondary N) is 1. The highest BCUT2D eigenvalue weighted by molar-refractivity contribution is 7.88. The fourth-order valence-corrected chi connectivity index (χ4v) is 4.35. The summed E-state index contributed by atoms with van der Waals surface area (Å²) in [6.45, 7) is 3.74. The van der Waals surface area contributed by atoms with E-state index in [2.05, 4.69) is 9.62 Å². The number of rotatable bonds is 5. The summed E-state index contributed by atoms with van der Waals surface area (Å²) in [7, 11) is -3.23. The Kier molecular flexibility index (Phi) is 5.57. The van der Waals surface area contributed by atoms with Crippen molar-refractivity contribution in [3.63, 3.8) is 0 Å². The lowest BCUT2D eigenvalue weighted by Crippen LogP contribution is -2.48. The van der Waals surface area contributed by atoms with Gasteiger partial charge < -0.3 is 0 Å². The summed E-state index contributed by atoms with van der Waals surface area (Å²) in [4.78, 5) is 14.9. The van der Waals surface area contributed by atoms with Crippen molar-refractivity contribution in [2.24, 2.45) is 0 Å². The van der Waals surface area contributed by atoms with E-state index in [-0.39, 0.29) is 11.7 Å². The van der Waals surface area contributed by atoms with E-state index in [1.165, 1.54) is 6.26 Å². The Morgan fingerprint density at radius 3 is 2.62 bits per heavy atom. The van der Waals surface area contributed by atoms with Gasteiger partial charge in [-0.15, -0.1) is 0 Å². The van der Waals surface area contributed by atoms with Gasteiger partial charge >= 0.3 is 5.69 Å². The minimum absolute atomic E-state index is 0.117. The molecule has 1 aromatic carbocycles. The SMILES string of the molecule is Cc1cn(CN2CCC[C@@H](NS(C)(=O)=O)C2)c(=O)n1-c1ccc(Cl)cc1. The van der Waals surface area contributed by atoms with Gasteiger partial charge in [-0.2, -0.15) is 0 Å². The van der Waals surface area contributed by atoms with Crippen LogP contribution in [-0.4, -0.2) is 47.8 Å². The first-order valence-electron chi connectivity index (χ1n) is 8.47. The molecule has 0 amide bonds. The Labute approximate surface area is 158 Å². The third-order valence-electron chi connectivity index (χ3n) is 4.46. The van der Waals surface area contributed by atoms with Gasteiger partial charge in [-0.1, -0.05) is 11.6 Å². The van der Waals surface area contributed by atoms with Gasteiger partial charge in [0.15, 0.2) is 0 Å². The van der Waals surface area contributed by atoms with Crippen LogP contribution in [0.4, 0.5) is 0 Å². The highest BCUT2D eigenvalue weighted by Crippen LogP contribution is 2.15. The molecular weight excluding hydrogens is 376 g/mol. The molecule has 26 heavy (non-hydrogen) atoms. The fourth-order valence-electron chi connectivity index (χ4n) is 3.42. The lowest BCUT2D eigenvalue weighted by Gasteiger charge is -2.32. The van der Waals surface area contributed by atoms with Crippen LogP contribution in [0.25, 0.3) is 5.69 Å². The van der Waals surface area contributed by atoms with Gasteiger partial charge in [-0.3, -0.25) is 14.0 Å². The molecule has 2 aromatic rings. The summed E-state index contributed by atoms with van der Waals surface area (Å²) in [6, 6.07) is 7.02. The first-order chi connectivity index (χ1) is 12.2. The monoisotopic (exact) mass is 398 g/mol. The zero-order chi connectivity index (χ0) is 18.9. The summed E-state index contributed by atoms with van der Waals surface area (Å²) >= 11 is 5.92. The van der Waals surface area contributed by atoms with E-state index in [9.17, 15) is 13.2 Å². The number of imidazole rings is 1. The maximum atomic E-state index is 12.8. The topological polar surface area (TPSA) is 76.3 Å². The molecule has 0 unspecified atom stereocenters. The number of sulfonamides is 1. The van der Waals surface area contributed by atoms with Gasteiger partial charge in [-0.05, 0) is 50.6 Å². The normalized spacial score (nSPS) is 19.0. The molecule has 1 N–H and O–H groups in total. The maximum absolute atomic E-state index is 12.8. The van der Waals surface area contributed by atoms with Crippen molar-refractivity contribution in [2.45, 2.75) is 32.5 Å². The van der Waals surface area contributed by atoms with Crippen LogP contribution in [0, 0.1) is 6.92 Å². The van der Waals surface area contributed by atoms with E-state index in [1.54, 1.807) is 21.3 Å². The van der Waals surface area contributed by atoms with Crippen LogP contribution in [0.3, 0.4) is 0 Å². The zero-order valence-electron chi connectivity index (χ0n) is 14.9. The van der Waals surface area contributed by atoms with Gasteiger partial charge in [0.05, 0.1) is 18.6 Å². The second-order valence-corrected chi connectivity index (χ2v) is 9.00. The fraction of sp³-hybridized carbons (Fsp3) is 0.471. The molecule has 0 radical (unpaired) electrons. The summed E-state index contributed by atoms with van der Waals surface area (Å²) in [5.41, 5.74) is 1.48. The Morgan fingerprint density at radius 2 is 1.96 bits per heavy atom. The maximum Gasteiger partial charge on any atom is 0.334 e. The highest BCUT2D eigenvalue weighted by atomic mass is 35.5. The van der Waals surface area contributed by atoms with Crippen molar-refractivity contribution in [1.29, 1.82) is 0 Å². The molecule has 1 aliphatic heterocycles. The number of benzene rings is 1. The zero-order valence-corrected chi connectivity index (χ0v) is 16.4. The molecule has 0 aliphatic carbocycles. The number of hydrogen-bond donors (Lipinski definition) is 1. The Balaban J connectivity index is 1.77. The van der Waals surface area contributed by atoms with Gasteiger partial charge in [0.2, 0.25) is 10.0 Å². The molecule has 0 spiro atoms. The van der Waals surface area contributed by atoms with Gasteiger partial charge in [0, 0.05) is 29.5 Å². The van der Waals surface area contributed by atoms with E-state index >= 15 is 0 Å². The number of nitrogens with zero attached hydrogens (tertiary/aromatic N) is 3. The smallest absolute Gasteiger partial charge is 0.285 e. The summed E-state index contributed by atoms with van der Waals surface area (Å²) in [6.07, 6.45) is 4.69. The first-order valence-corrected chi connectivity index (χ1v) is 10.7.